The van der Waals surface area contributed by atoms with Crippen LogP contribution in [-0.2, 0) is 0 Å². The molecule has 1 fully saturated rings. The maximum Gasteiger partial charge on any atom is 0.422 e. The molecule has 3 nitrogen and oxygen atoms in total. The highest BCUT2D eigenvalue weighted by Crippen LogP contribution is 2.40. The Balaban J connectivity index is 2.04. The molecule has 6 heteroatoms. The maximum atomic E-state index is 11.9. The van der Waals surface area contributed by atoms with E-state index in [1.54, 1.807) is 6.07 Å². The fourth-order valence-corrected chi connectivity index (χ4v) is 1.37. The molecule has 0 unspecified atom stereocenters. The smallest absolute Gasteiger partial charge is 0.422 e. The van der Waals surface area contributed by atoms with Crippen molar-refractivity contribution in [2.45, 2.75) is 24.9 Å². The third kappa shape index (κ3) is 2.77. The van der Waals surface area contributed by atoms with Crippen LogP contribution in [0.25, 0.3) is 0 Å². The molecule has 0 amide bonds. The van der Waals surface area contributed by atoms with Crippen LogP contribution in [0.1, 0.15) is 24.5 Å². The van der Waals surface area contributed by atoms with Gasteiger partial charge in [0, 0.05) is 11.6 Å². The molecule has 1 aromatic rings. The molecule has 1 heterocycles. The first-order valence-corrected chi connectivity index (χ1v) is 4.92. The van der Waals surface area contributed by atoms with Crippen LogP contribution < -0.4 is 10.5 Å². The topological polar surface area (TPSA) is 48.1 Å². The van der Waals surface area contributed by atoms with E-state index in [0.29, 0.717) is 5.92 Å². The summed E-state index contributed by atoms with van der Waals surface area (Å²) in [6.07, 6.45) is -2.23. The molecule has 16 heavy (non-hydrogen) atoms. The Hall–Kier alpha value is -1.46. The van der Waals surface area contributed by atoms with E-state index >= 15 is 0 Å². The summed E-state index contributed by atoms with van der Waals surface area (Å²) in [6.45, 7) is -1.35. The van der Waals surface area contributed by atoms with Crippen molar-refractivity contribution in [2.24, 2.45) is 0 Å². The zero-order valence-corrected chi connectivity index (χ0v) is 8.42. The minimum atomic E-state index is -4.36. The number of nitrogens with two attached hydrogens (primary N) is 1. The Kier molecular flexibility index (Phi) is 2.65. The average molecular weight is 232 g/mol. The van der Waals surface area contributed by atoms with Crippen molar-refractivity contribution in [3.8, 4) is 5.75 Å². The number of aromatic nitrogens is 1. The number of hydrogen-bond donors (Lipinski definition) is 1. The van der Waals surface area contributed by atoms with E-state index < -0.39 is 12.8 Å². The highest BCUT2D eigenvalue weighted by atomic mass is 19.4. The predicted octanol–water partition coefficient (Wildman–Crippen LogP) is 2.48. The van der Waals surface area contributed by atoms with Gasteiger partial charge in [-0.1, -0.05) is 0 Å². The summed E-state index contributed by atoms with van der Waals surface area (Å²) in [6, 6.07) is 3.11. The number of hydrogen-bond acceptors (Lipinski definition) is 3. The van der Waals surface area contributed by atoms with E-state index in [4.69, 9.17) is 5.73 Å². The Labute approximate surface area is 90.4 Å². The van der Waals surface area contributed by atoms with E-state index in [0.717, 1.165) is 18.5 Å². The highest BCUT2D eigenvalue weighted by Gasteiger charge is 2.29. The van der Waals surface area contributed by atoms with Gasteiger partial charge in [-0.25, -0.2) is 4.98 Å². The lowest BCUT2D eigenvalue weighted by molar-refractivity contribution is -0.153. The van der Waals surface area contributed by atoms with E-state index in [2.05, 4.69) is 9.72 Å². The summed E-state index contributed by atoms with van der Waals surface area (Å²) >= 11 is 0. The second-order valence-electron chi connectivity index (χ2n) is 3.80. The molecule has 2 N–H and O–H groups in total. The molecule has 0 aromatic carbocycles. The first kappa shape index (κ1) is 11.0. The fraction of sp³-hybridized carbons (Fsp3) is 0.500. The van der Waals surface area contributed by atoms with E-state index in [-0.39, 0.29) is 11.6 Å². The summed E-state index contributed by atoms with van der Waals surface area (Å²) in [7, 11) is 0. The van der Waals surface area contributed by atoms with Crippen molar-refractivity contribution in [1.29, 1.82) is 0 Å². The molecule has 0 radical (unpaired) electrons. The number of halogens is 3. The SMILES string of the molecule is Nc1nc(C2CC2)ccc1OCC(F)(F)F. The number of nitrogens with zero attached hydrogens (tertiary/aromatic N) is 1. The first-order chi connectivity index (χ1) is 7.46. The molecule has 0 atom stereocenters. The largest absolute Gasteiger partial charge is 0.480 e. The molecular weight excluding hydrogens is 221 g/mol. The van der Waals surface area contributed by atoms with Gasteiger partial charge in [0.15, 0.2) is 18.2 Å². The third-order valence-electron chi connectivity index (χ3n) is 2.29. The Bertz CT molecular complexity index is 388. The minimum absolute atomic E-state index is 0.0123. The van der Waals surface area contributed by atoms with Crippen LogP contribution in [0.4, 0.5) is 19.0 Å². The quantitative estimate of drug-likeness (QED) is 0.870. The van der Waals surface area contributed by atoms with Gasteiger partial charge in [0.1, 0.15) is 0 Å². The zero-order chi connectivity index (χ0) is 11.8. The van der Waals surface area contributed by atoms with Gasteiger partial charge in [0.2, 0.25) is 0 Å². The number of alkyl halides is 3. The lowest BCUT2D eigenvalue weighted by Crippen LogP contribution is -2.19. The lowest BCUT2D eigenvalue weighted by Gasteiger charge is -2.11. The van der Waals surface area contributed by atoms with Crippen LogP contribution in [0.2, 0.25) is 0 Å². The van der Waals surface area contributed by atoms with Crippen molar-refractivity contribution < 1.29 is 17.9 Å². The Morgan fingerprint density at radius 3 is 2.56 bits per heavy atom. The highest BCUT2D eigenvalue weighted by molar-refractivity contribution is 5.47. The van der Waals surface area contributed by atoms with Crippen LogP contribution in [0.3, 0.4) is 0 Å². The standard InChI is InChI=1S/C10H11F3N2O/c11-10(12,13)5-16-8-4-3-7(6-1-2-6)15-9(8)14/h3-4,6H,1-2,5H2,(H2,14,15). The van der Waals surface area contributed by atoms with Crippen LogP contribution >= 0.6 is 0 Å². The third-order valence-corrected chi connectivity index (χ3v) is 2.29. The van der Waals surface area contributed by atoms with Crippen molar-refractivity contribution in [3.63, 3.8) is 0 Å². The van der Waals surface area contributed by atoms with Crippen LogP contribution in [0, 0.1) is 0 Å². The number of anilines is 1. The van der Waals surface area contributed by atoms with Gasteiger partial charge in [-0.2, -0.15) is 13.2 Å². The Morgan fingerprint density at radius 2 is 2.06 bits per heavy atom. The van der Waals surface area contributed by atoms with Crippen molar-refractivity contribution >= 4 is 5.82 Å². The average Bonchev–Trinajstić information content (AvgIpc) is 2.97. The number of rotatable bonds is 3. The summed E-state index contributed by atoms with van der Waals surface area (Å²) in [5.41, 5.74) is 6.34. The molecule has 88 valence electrons. The number of ether oxygens (including phenoxy) is 1. The van der Waals surface area contributed by atoms with Crippen LogP contribution in [-0.4, -0.2) is 17.8 Å². The molecule has 0 spiro atoms. The molecule has 0 saturated heterocycles. The summed E-state index contributed by atoms with van der Waals surface area (Å²) in [5, 5.41) is 0. The van der Waals surface area contributed by atoms with Crippen molar-refractivity contribution in [3.05, 3.63) is 17.8 Å². The van der Waals surface area contributed by atoms with E-state index in [1.165, 1.54) is 6.07 Å². The summed E-state index contributed by atoms with van der Waals surface area (Å²) < 4.78 is 40.3. The summed E-state index contributed by atoms with van der Waals surface area (Å²) in [4.78, 5) is 4.02. The first-order valence-electron chi connectivity index (χ1n) is 4.92. The van der Waals surface area contributed by atoms with Gasteiger partial charge >= 0.3 is 6.18 Å². The molecule has 1 saturated carbocycles. The zero-order valence-electron chi connectivity index (χ0n) is 8.42. The lowest BCUT2D eigenvalue weighted by atomic mass is 10.2. The van der Waals surface area contributed by atoms with Gasteiger partial charge in [-0.15, -0.1) is 0 Å². The number of nitrogen functional groups attached to an aromatic ring is 1. The van der Waals surface area contributed by atoms with E-state index in [9.17, 15) is 13.2 Å². The van der Waals surface area contributed by atoms with E-state index in [1.807, 2.05) is 0 Å². The molecule has 2 rings (SSSR count). The van der Waals surface area contributed by atoms with Gasteiger partial charge in [-0.05, 0) is 25.0 Å². The number of pyridine rings is 1. The van der Waals surface area contributed by atoms with Crippen molar-refractivity contribution in [1.82, 2.24) is 4.98 Å². The normalized spacial score (nSPS) is 16.2. The van der Waals surface area contributed by atoms with Crippen LogP contribution in [0.15, 0.2) is 12.1 Å². The van der Waals surface area contributed by atoms with Gasteiger partial charge in [0.25, 0.3) is 0 Å². The summed E-state index contributed by atoms with van der Waals surface area (Å²) in [5.74, 6) is 0.425. The Morgan fingerprint density at radius 1 is 1.38 bits per heavy atom. The minimum Gasteiger partial charge on any atom is -0.480 e. The molecular formula is C10H11F3N2O. The van der Waals surface area contributed by atoms with Crippen molar-refractivity contribution in [2.75, 3.05) is 12.3 Å². The fourth-order valence-electron chi connectivity index (χ4n) is 1.37. The van der Waals surface area contributed by atoms with Crippen LogP contribution in [0.5, 0.6) is 5.75 Å². The van der Waals surface area contributed by atoms with Gasteiger partial charge in [0.05, 0.1) is 0 Å². The van der Waals surface area contributed by atoms with Gasteiger partial charge < -0.3 is 10.5 Å². The second kappa shape index (κ2) is 3.84. The molecule has 0 aliphatic heterocycles. The second-order valence-corrected chi connectivity index (χ2v) is 3.80. The maximum absolute atomic E-state index is 11.9. The van der Waals surface area contributed by atoms with Gasteiger partial charge in [-0.3, -0.25) is 0 Å². The molecule has 1 aliphatic carbocycles. The molecule has 1 aromatic heterocycles. The molecule has 1 aliphatic rings. The predicted molar refractivity (Wildman–Crippen MR) is 52.2 cm³/mol. The molecule has 0 bridgehead atoms. The monoisotopic (exact) mass is 232 g/mol.